The monoisotopic (exact) mass is 194 g/mol. The molecular formula is C11H15FN2. The zero-order valence-electron chi connectivity index (χ0n) is 8.33. The van der Waals surface area contributed by atoms with Crippen molar-refractivity contribution in [1.29, 1.82) is 0 Å². The third-order valence-corrected chi connectivity index (χ3v) is 2.85. The van der Waals surface area contributed by atoms with Crippen molar-refractivity contribution in [3.63, 3.8) is 0 Å². The van der Waals surface area contributed by atoms with E-state index in [9.17, 15) is 4.39 Å². The van der Waals surface area contributed by atoms with Crippen LogP contribution in [0.5, 0.6) is 0 Å². The van der Waals surface area contributed by atoms with Crippen molar-refractivity contribution in [3.8, 4) is 0 Å². The van der Waals surface area contributed by atoms with Gasteiger partial charge in [0.1, 0.15) is 5.82 Å². The number of nitrogens with zero attached hydrogens (tertiary/aromatic N) is 1. The summed E-state index contributed by atoms with van der Waals surface area (Å²) in [6.45, 7) is 4.11. The molecule has 0 unspecified atom stereocenters. The third-order valence-electron chi connectivity index (χ3n) is 2.85. The summed E-state index contributed by atoms with van der Waals surface area (Å²) in [6, 6.07) is 4.89. The molecular weight excluding hydrogens is 179 g/mol. The molecule has 1 heterocycles. The molecule has 0 aromatic heterocycles. The first kappa shape index (κ1) is 9.31. The molecule has 1 aromatic rings. The average Bonchev–Trinajstić information content (AvgIpc) is 2.06. The van der Waals surface area contributed by atoms with E-state index in [0.717, 1.165) is 19.0 Å². The highest BCUT2D eigenvalue weighted by Crippen LogP contribution is 2.29. The molecule has 0 spiro atoms. The Morgan fingerprint density at radius 2 is 2.21 bits per heavy atom. The van der Waals surface area contributed by atoms with Crippen LogP contribution < -0.4 is 10.6 Å². The normalized spacial score (nSPS) is 16.9. The van der Waals surface area contributed by atoms with Crippen LogP contribution in [0.25, 0.3) is 0 Å². The molecule has 1 saturated heterocycles. The lowest BCUT2D eigenvalue weighted by Gasteiger charge is -2.40. The fraction of sp³-hybridized carbons (Fsp3) is 0.455. The molecule has 2 nitrogen and oxygen atoms in total. The summed E-state index contributed by atoms with van der Waals surface area (Å²) in [5, 5.41) is 0. The second-order valence-corrected chi connectivity index (χ2v) is 3.89. The molecule has 0 radical (unpaired) electrons. The SMILES string of the molecule is CCC1CN(c2ccc(N)cc2F)C1. The van der Waals surface area contributed by atoms with Gasteiger partial charge in [0.05, 0.1) is 5.69 Å². The summed E-state index contributed by atoms with van der Waals surface area (Å²) in [6.07, 6.45) is 1.17. The van der Waals surface area contributed by atoms with Crippen molar-refractivity contribution in [2.75, 3.05) is 23.7 Å². The van der Waals surface area contributed by atoms with E-state index in [1.165, 1.54) is 12.5 Å². The lowest BCUT2D eigenvalue weighted by Crippen LogP contribution is -2.46. The van der Waals surface area contributed by atoms with E-state index in [-0.39, 0.29) is 5.82 Å². The number of halogens is 1. The number of benzene rings is 1. The molecule has 1 aliphatic rings. The van der Waals surface area contributed by atoms with Crippen molar-refractivity contribution in [3.05, 3.63) is 24.0 Å². The number of rotatable bonds is 2. The van der Waals surface area contributed by atoms with Gasteiger partial charge < -0.3 is 10.6 Å². The highest BCUT2D eigenvalue weighted by atomic mass is 19.1. The highest BCUT2D eigenvalue weighted by Gasteiger charge is 2.26. The number of anilines is 2. The number of hydrogen-bond donors (Lipinski definition) is 1. The lowest BCUT2D eigenvalue weighted by atomic mass is 9.96. The molecule has 1 fully saturated rings. The lowest BCUT2D eigenvalue weighted by molar-refractivity contribution is 0.394. The molecule has 1 aromatic carbocycles. The zero-order chi connectivity index (χ0) is 10.1. The molecule has 1 aliphatic heterocycles. The van der Waals surface area contributed by atoms with Crippen LogP contribution in [-0.2, 0) is 0 Å². The van der Waals surface area contributed by atoms with Crippen LogP contribution in [0.1, 0.15) is 13.3 Å². The van der Waals surface area contributed by atoms with Gasteiger partial charge in [0.25, 0.3) is 0 Å². The number of nitrogen functional groups attached to an aromatic ring is 1. The second-order valence-electron chi connectivity index (χ2n) is 3.89. The first-order valence-electron chi connectivity index (χ1n) is 5.00. The quantitative estimate of drug-likeness (QED) is 0.732. The van der Waals surface area contributed by atoms with Crippen molar-refractivity contribution >= 4 is 11.4 Å². The Balaban J connectivity index is 2.11. The summed E-state index contributed by atoms with van der Waals surface area (Å²) in [5.74, 6) is 0.520. The van der Waals surface area contributed by atoms with Crippen molar-refractivity contribution < 1.29 is 4.39 Å². The predicted octanol–water partition coefficient (Wildman–Crippen LogP) is 2.25. The van der Waals surface area contributed by atoms with Gasteiger partial charge in [-0.2, -0.15) is 0 Å². The van der Waals surface area contributed by atoms with E-state index < -0.39 is 0 Å². The van der Waals surface area contributed by atoms with Crippen LogP contribution >= 0.6 is 0 Å². The van der Waals surface area contributed by atoms with E-state index in [1.807, 2.05) is 0 Å². The summed E-state index contributed by atoms with van der Waals surface area (Å²) < 4.78 is 13.4. The van der Waals surface area contributed by atoms with E-state index in [0.29, 0.717) is 11.4 Å². The Labute approximate surface area is 83.5 Å². The van der Waals surface area contributed by atoms with Gasteiger partial charge in [-0.05, 0) is 30.5 Å². The van der Waals surface area contributed by atoms with Gasteiger partial charge in [0, 0.05) is 18.8 Å². The molecule has 0 aliphatic carbocycles. The molecule has 0 amide bonds. The molecule has 0 bridgehead atoms. The Morgan fingerprint density at radius 3 is 2.79 bits per heavy atom. The maximum Gasteiger partial charge on any atom is 0.148 e. The van der Waals surface area contributed by atoms with Crippen LogP contribution in [0.15, 0.2) is 18.2 Å². The van der Waals surface area contributed by atoms with Crippen LogP contribution in [-0.4, -0.2) is 13.1 Å². The number of hydrogen-bond acceptors (Lipinski definition) is 2. The number of nitrogens with two attached hydrogens (primary N) is 1. The van der Waals surface area contributed by atoms with Gasteiger partial charge in [-0.15, -0.1) is 0 Å². The summed E-state index contributed by atoms with van der Waals surface area (Å²) in [5.41, 5.74) is 6.65. The fourth-order valence-corrected chi connectivity index (χ4v) is 1.80. The maximum atomic E-state index is 13.4. The van der Waals surface area contributed by atoms with E-state index in [4.69, 9.17) is 5.73 Å². The van der Waals surface area contributed by atoms with E-state index in [2.05, 4.69) is 11.8 Å². The standard InChI is InChI=1S/C11H15FN2/c1-2-8-6-14(7-8)11-4-3-9(13)5-10(11)12/h3-5,8H,2,6-7,13H2,1H3. The van der Waals surface area contributed by atoms with Crippen molar-refractivity contribution in [2.45, 2.75) is 13.3 Å². The van der Waals surface area contributed by atoms with Crippen LogP contribution in [0.4, 0.5) is 15.8 Å². The molecule has 3 heteroatoms. The van der Waals surface area contributed by atoms with Crippen molar-refractivity contribution in [2.24, 2.45) is 5.92 Å². The molecule has 14 heavy (non-hydrogen) atoms. The highest BCUT2D eigenvalue weighted by molar-refractivity contribution is 5.55. The van der Waals surface area contributed by atoms with Crippen LogP contribution in [0.3, 0.4) is 0 Å². The molecule has 0 saturated carbocycles. The molecule has 76 valence electrons. The fourth-order valence-electron chi connectivity index (χ4n) is 1.80. The van der Waals surface area contributed by atoms with Gasteiger partial charge in [-0.3, -0.25) is 0 Å². The summed E-state index contributed by atoms with van der Waals surface area (Å²) >= 11 is 0. The third kappa shape index (κ3) is 1.54. The van der Waals surface area contributed by atoms with Crippen LogP contribution in [0.2, 0.25) is 0 Å². The minimum Gasteiger partial charge on any atom is -0.399 e. The summed E-state index contributed by atoms with van der Waals surface area (Å²) in [4.78, 5) is 2.06. The largest absolute Gasteiger partial charge is 0.399 e. The van der Waals surface area contributed by atoms with Gasteiger partial charge in [-0.1, -0.05) is 6.92 Å². The Morgan fingerprint density at radius 1 is 1.50 bits per heavy atom. The molecule has 2 N–H and O–H groups in total. The maximum absolute atomic E-state index is 13.4. The Bertz CT molecular complexity index is 332. The van der Waals surface area contributed by atoms with Crippen LogP contribution in [0, 0.1) is 11.7 Å². The molecule has 0 atom stereocenters. The minimum atomic E-state index is -0.209. The van der Waals surface area contributed by atoms with Gasteiger partial charge in [0.2, 0.25) is 0 Å². The average molecular weight is 194 g/mol. The van der Waals surface area contributed by atoms with E-state index in [1.54, 1.807) is 12.1 Å². The first-order chi connectivity index (χ1) is 6.70. The van der Waals surface area contributed by atoms with E-state index >= 15 is 0 Å². The van der Waals surface area contributed by atoms with Gasteiger partial charge in [0.15, 0.2) is 0 Å². The Kier molecular flexibility index (Phi) is 2.32. The first-order valence-corrected chi connectivity index (χ1v) is 5.00. The zero-order valence-corrected chi connectivity index (χ0v) is 8.33. The second kappa shape index (κ2) is 3.48. The molecule has 2 rings (SSSR count). The van der Waals surface area contributed by atoms with Crippen molar-refractivity contribution in [1.82, 2.24) is 0 Å². The smallest absolute Gasteiger partial charge is 0.148 e. The van der Waals surface area contributed by atoms with Gasteiger partial charge >= 0.3 is 0 Å². The van der Waals surface area contributed by atoms with Gasteiger partial charge in [-0.25, -0.2) is 4.39 Å². The Hall–Kier alpha value is -1.25. The topological polar surface area (TPSA) is 29.3 Å². The summed E-state index contributed by atoms with van der Waals surface area (Å²) in [7, 11) is 0. The predicted molar refractivity (Wildman–Crippen MR) is 56.8 cm³/mol. The minimum absolute atomic E-state index is 0.209.